The zero-order valence-electron chi connectivity index (χ0n) is 13.2. The van der Waals surface area contributed by atoms with Gasteiger partial charge in [0.2, 0.25) is 11.8 Å². The maximum atomic E-state index is 11.8. The first-order chi connectivity index (χ1) is 9.99. The quantitative estimate of drug-likeness (QED) is 0.720. The van der Waals surface area contributed by atoms with Gasteiger partial charge < -0.3 is 10.6 Å². The highest BCUT2D eigenvalue weighted by molar-refractivity contribution is 5.90. The summed E-state index contributed by atoms with van der Waals surface area (Å²) in [6, 6.07) is 8.00. The normalized spacial score (nSPS) is 10.5. The van der Waals surface area contributed by atoms with Crippen LogP contribution in [0, 0.1) is 0 Å². The third-order valence-electron chi connectivity index (χ3n) is 3.32. The minimum Gasteiger partial charge on any atom is -0.356 e. The van der Waals surface area contributed by atoms with E-state index in [4.69, 9.17) is 0 Å². The topological polar surface area (TPSA) is 58.2 Å². The van der Waals surface area contributed by atoms with Crippen molar-refractivity contribution in [3.8, 4) is 0 Å². The highest BCUT2D eigenvalue weighted by atomic mass is 16.2. The van der Waals surface area contributed by atoms with Gasteiger partial charge in [-0.1, -0.05) is 32.4 Å². The summed E-state index contributed by atoms with van der Waals surface area (Å²) >= 11 is 0. The summed E-state index contributed by atoms with van der Waals surface area (Å²) in [5, 5.41) is 5.66. The van der Waals surface area contributed by atoms with Crippen LogP contribution in [-0.4, -0.2) is 18.4 Å². The van der Waals surface area contributed by atoms with E-state index in [0.717, 1.165) is 24.9 Å². The monoisotopic (exact) mass is 290 g/mol. The Morgan fingerprint density at radius 3 is 2.29 bits per heavy atom. The Labute approximate surface area is 127 Å². The van der Waals surface area contributed by atoms with E-state index in [1.54, 1.807) is 0 Å². The molecule has 1 aromatic carbocycles. The first-order valence-corrected chi connectivity index (χ1v) is 7.63. The SMILES string of the molecule is CC(=O)NCCCCCC(=O)Nc1ccc(C(C)C)cc1. The van der Waals surface area contributed by atoms with Crippen molar-refractivity contribution in [3.05, 3.63) is 29.8 Å². The summed E-state index contributed by atoms with van der Waals surface area (Å²) in [6.07, 6.45) is 3.22. The second kappa shape index (κ2) is 9.16. The lowest BCUT2D eigenvalue weighted by Gasteiger charge is -2.08. The van der Waals surface area contributed by atoms with Gasteiger partial charge in [-0.05, 0) is 36.5 Å². The minimum atomic E-state index is -0.00223. The van der Waals surface area contributed by atoms with Gasteiger partial charge in [-0.2, -0.15) is 0 Å². The summed E-state index contributed by atoms with van der Waals surface area (Å²) in [5.74, 6) is 0.544. The van der Waals surface area contributed by atoms with E-state index in [1.807, 2.05) is 24.3 Å². The fourth-order valence-corrected chi connectivity index (χ4v) is 2.03. The highest BCUT2D eigenvalue weighted by Crippen LogP contribution is 2.17. The molecule has 0 saturated carbocycles. The molecule has 4 heteroatoms. The van der Waals surface area contributed by atoms with E-state index in [0.29, 0.717) is 18.9 Å². The molecule has 0 atom stereocenters. The number of hydrogen-bond donors (Lipinski definition) is 2. The Morgan fingerprint density at radius 1 is 1.05 bits per heavy atom. The van der Waals surface area contributed by atoms with Crippen molar-refractivity contribution >= 4 is 17.5 Å². The molecule has 2 amide bonds. The van der Waals surface area contributed by atoms with Crippen LogP contribution >= 0.6 is 0 Å². The van der Waals surface area contributed by atoms with Crippen molar-refractivity contribution in [2.24, 2.45) is 0 Å². The van der Waals surface area contributed by atoms with Crippen LogP contribution in [0.4, 0.5) is 5.69 Å². The molecule has 4 nitrogen and oxygen atoms in total. The van der Waals surface area contributed by atoms with Gasteiger partial charge in [0.25, 0.3) is 0 Å². The molecular formula is C17H26N2O2. The van der Waals surface area contributed by atoms with Crippen LogP contribution in [0.3, 0.4) is 0 Å². The molecule has 0 heterocycles. The molecule has 1 aromatic rings. The maximum absolute atomic E-state index is 11.8. The van der Waals surface area contributed by atoms with Gasteiger partial charge in [0.15, 0.2) is 0 Å². The van der Waals surface area contributed by atoms with E-state index in [-0.39, 0.29) is 11.8 Å². The Balaban J connectivity index is 2.20. The van der Waals surface area contributed by atoms with Crippen molar-refractivity contribution < 1.29 is 9.59 Å². The smallest absolute Gasteiger partial charge is 0.224 e. The van der Waals surface area contributed by atoms with Crippen LogP contribution < -0.4 is 10.6 Å². The number of carbonyl (C=O) groups excluding carboxylic acids is 2. The number of carbonyl (C=O) groups is 2. The van der Waals surface area contributed by atoms with Gasteiger partial charge in [0.05, 0.1) is 0 Å². The van der Waals surface area contributed by atoms with Crippen LogP contribution in [0.2, 0.25) is 0 Å². The molecule has 0 aromatic heterocycles. The summed E-state index contributed by atoms with van der Waals surface area (Å²) in [7, 11) is 0. The molecule has 1 rings (SSSR count). The standard InChI is InChI=1S/C17H26N2O2/c1-13(2)15-8-10-16(11-9-15)19-17(21)7-5-4-6-12-18-14(3)20/h8-11,13H,4-7,12H2,1-3H3,(H,18,20)(H,19,21). The van der Waals surface area contributed by atoms with Crippen LogP contribution in [0.25, 0.3) is 0 Å². The lowest BCUT2D eigenvalue weighted by Crippen LogP contribution is -2.20. The molecule has 0 aliphatic carbocycles. The molecule has 116 valence electrons. The number of hydrogen-bond acceptors (Lipinski definition) is 2. The molecule has 0 saturated heterocycles. The van der Waals surface area contributed by atoms with Gasteiger partial charge in [-0.15, -0.1) is 0 Å². The van der Waals surface area contributed by atoms with E-state index < -0.39 is 0 Å². The van der Waals surface area contributed by atoms with Gasteiger partial charge in [0.1, 0.15) is 0 Å². The number of amides is 2. The number of anilines is 1. The molecule has 21 heavy (non-hydrogen) atoms. The Morgan fingerprint density at radius 2 is 1.71 bits per heavy atom. The second-order valence-corrected chi connectivity index (χ2v) is 5.62. The van der Waals surface area contributed by atoms with Crippen LogP contribution in [-0.2, 0) is 9.59 Å². The third kappa shape index (κ3) is 7.49. The van der Waals surface area contributed by atoms with Crippen molar-refractivity contribution in [2.45, 2.75) is 52.4 Å². The summed E-state index contributed by atoms with van der Waals surface area (Å²) < 4.78 is 0. The number of unbranched alkanes of at least 4 members (excludes halogenated alkanes) is 2. The average molecular weight is 290 g/mol. The molecule has 0 unspecified atom stereocenters. The Bertz CT molecular complexity index is 452. The summed E-state index contributed by atoms with van der Waals surface area (Å²) in [5.41, 5.74) is 2.12. The lowest BCUT2D eigenvalue weighted by atomic mass is 10.0. The van der Waals surface area contributed by atoms with Crippen LogP contribution in [0.5, 0.6) is 0 Å². The largest absolute Gasteiger partial charge is 0.356 e. The van der Waals surface area contributed by atoms with E-state index in [1.165, 1.54) is 12.5 Å². The number of nitrogens with one attached hydrogen (secondary N) is 2. The van der Waals surface area contributed by atoms with Gasteiger partial charge >= 0.3 is 0 Å². The van der Waals surface area contributed by atoms with Crippen LogP contribution in [0.15, 0.2) is 24.3 Å². The highest BCUT2D eigenvalue weighted by Gasteiger charge is 2.03. The zero-order valence-corrected chi connectivity index (χ0v) is 13.2. The minimum absolute atomic E-state index is 0.00223. The predicted molar refractivity (Wildman–Crippen MR) is 86.3 cm³/mol. The number of benzene rings is 1. The van der Waals surface area contributed by atoms with Gasteiger partial charge in [-0.3, -0.25) is 9.59 Å². The second-order valence-electron chi connectivity index (χ2n) is 5.62. The molecule has 0 aliphatic heterocycles. The van der Waals surface area contributed by atoms with Crippen molar-refractivity contribution in [2.75, 3.05) is 11.9 Å². The van der Waals surface area contributed by atoms with Crippen molar-refractivity contribution in [1.82, 2.24) is 5.32 Å². The van der Waals surface area contributed by atoms with Crippen molar-refractivity contribution in [3.63, 3.8) is 0 Å². The van der Waals surface area contributed by atoms with Crippen molar-refractivity contribution in [1.29, 1.82) is 0 Å². The summed E-state index contributed by atoms with van der Waals surface area (Å²) in [4.78, 5) is 22.5. The molecule has 0 aliphatic rings. The number of rotatable bonds is 8. The van der Waals surface area contributed by atoms with E-state index in [2.05, 4.69) is 24.5 Å². The first kappa shape index (κ1) is 17.2. The molecule has 0 bridgehead atoms. The average Bonchev–Trinajstić information content (AvgIpc) is 2.43. The van der Waals surface area contributed by atoms with Gasteiger partial charge in [0, 0.05) is 25.6 Å². The molecule has 0 fully saturated rings. The molecule has 0 spiro atoms. The Hall–Kier alpha value is -1.84. The Kier molecular flexibility index (Phi) is 7.51. The molecule has 0 radical (unpaired) electrons. The van der Waals surface area contributed by atoms with E-state index >= 15 is 0 Å². The third-order valence-corrected chi connectivity index (χ3v) is 3.32. The molecule has 2 N–H and O–H groups in total. The first-order valence-electron chi connectivity index (χ1n) is 7.63. The van der Waals surface area contributed by atoms with Gasteiger partial charge in [-0.25, -0.2) is 0 Å². The fourth-order valence-electron chi connectivity index (χ4n) is 2.03. The zero-order chi connectivity index (χ0) is 15.7. The maximum Gasteiger partial charge on any atom is 0.224 e. The lowest BCUT2D eigenvalue weighted by molar-refractivity contribution is -0.119. The summed E-state index contributed by atoms with van der Waals surface area (Å²) in [6.45, 7) is 6.49. The fraction of sp³-hybridized carbons (Fsp3) is 0.529. The van der Waals surface area contributed by atoms with Crippen LogP contribution in [0.1, 0.15) is 57.9 Å². The molecular weight excluding hydrogens is 264 g/mol. The predicted octanol–water partition coefficient (Wildman–Crippen LogP) is 3.45. The van der Waals surface area contributed by atoms with E-state index in [9.17, 15) is 9.59 Å².